The Labute approximate surface area is 191 Å². The average molecular weight is 438 g/mol. The quantitative estimate of drug-likeness (QED) is 0.654. The van der Waals surface area contributed by atoms with E-state index < -0.39 is 6.04 Å². The van der Waals surface area contributed by atoms with Gasteiger partial charge in [-0.15, -0.1) is 0 Å². The van der Waals surface area contributed by atoms with Crippen molar-refractivity contribution in [2.75, 3.05) is 33.8 Å². The lowest BCUT2D eigenvalue weighted by molar-refractivity contribution is -0.142. The minimum Gasteiger partial charge on any atom is -0.376 e. The van der Waals surface area contributed by atoms with Crippen LogP contribution >= 0.6 is 0 Å². The normalized spacial score (nSPS) is 16.7. The predicted octanol–water partition coefficient (Wildman–Crippen LogP) is 3.23. The lowest BCUT2D eigenvalue weighted by Gasteiger charge is -2.33. The molecule has 2 aromatic rings. The summed E-state index contributed by atoms with van der Waals surface area (Å²) >= 11 is 0. The van der Waals surface area contributed by atoms with Crippen LogP contribution in [0.1, 0.15) is 41.1 Å². The van der Waals surface area contributed by atoms with E-state index >= 15 is 0 Å². The lowest BCUT2D eigenvalue weighted by Crippen LogP contribution is -2.47. The second kappa shape index (κ2) is 11.2. The number of hydrogen-bond donors (Lipinski definition) is 1. The lowest BCUT2D eigenvalue weighted by atomic mass is 10.0. The van der Waals surface area contributed by atoms with E-state index in [-0.39, 0.29) is 24.5 Å². The third-order valence-electron chi connectivity index (χ3n) is 5.69. The van der Waals surface area contributed by atoms with E-state index in [9.17, 15) is 9.59 Å². The van der Waals surface area contributed by atoms with Crippen LogP contribution in [0.2, 0.25) is 0 Å². The molecule has 1 heterocycles. The number of hydrogen-bond acceptors (Lipinski definition) is 4. The Morgan fingerprint density at radius 2 is 1.84 bits per heavy atom. The fraction of sp³-hybridized carbons (Fsp3) is 0.462. The number of amides is 2. The monoisotopic (exact) mass is 437 g/mol. The minimum atomic E-state index is -0.718. The zero-order valence-corrected chi connectivity index (χ0v) is 19.6. The number of carbonyl (C=O) groups is 2. The van der Waals surface area contributed by atoms with Crippen molar-refractivity contribution in [2.45, 2.75) is 45.4 Å². The summed E-state index contributed by atoms with van der Waals surface area (Å²) in [6.07, 6.45) is 2.01. The van der Waals surface area contributed by atoms with Gasteiger partial charge in [-0.1, -0.05) is 59.7 Å². The van der Waals surface area contributed by atoms with Gasteiger partial charge in [-0.3, -0.25) is 9.59 Å². The maximum absolute atomic E-state index is 13.5. The van der Waals surface area contributed by atoms with E-state index in [0.29, 0.717) is 13.1 Å². The van der Waals surface area contributed by atoms with Crippen LogP contribution in [-0.4, -0.2) is 61.5 Å². The van der Waals surface area contributed by atoms with Gasteiger partial charge in [0, 0.05) is 19.7 Å². The Balaban J connectivity index is 1.93. The van der Waals surface area contributed by atoms with Gasteiger partial charge < -0.3 is 19.9 Å². The number of carbonyl (C=O) groups excluding carboxylic acids is 2. The van der Waals surface area contributed by atoms with Gasteiger partial charge >= 0.3 is 0 Å². The van der Waals surface area contributed by atoms with Crippen molar-refractivity contribution < 1.29 is 14.3 Å². The Bertz CT molecular complexity index is 905. The molecule has 0 aromatic heterocycles. The molecule has 32 heavy (non-hydrogen) atoms. The van der Waals surface area contributed by atoms with Crippen molar-refractivity contribution >= 4 is 11.8 Å². The number of nitrogens with one attached hydrogen (secondary N) is 1. The number of rotatable bonds is 9. The Kier molecular flexibility index (Phi) is 8.42. The summed E-state index contributed by atoms with van der Waals surface area (Å²) in [5, 5.41) is 3.05. The average Bonchev–Trinajstić information content (AvgIpc) is 3.26. The summed E-state index contributed by atoms with van der Waals surface area (Å²) in [7, 11) is 3.72. The molecule has 0 spiro atoms. The predicted molar refractivity (Wildman–Crippen MR) is 126 cm³/mol. The molecule has 172 valence electrons. The van der Waals surface area contributed by atoms with Crippen LogP contribution in [0, 0.1) is 13.8 Å². The first-order valence-corrected chi connectivity index (χ1v) is 11.3. The summed E-state index contributed by atoms with van der Waals surface area (Å²) in [6, 6.07) is 15.2. The SMILES string of the molecule is Cc1ccc(C(C(=O)NCC2CCCO2)N(Cc2cccc(C)c2)C(=O)CN(C)C)cc1. The Morgan fingerprint density at radius 1 is 1.09 bits per heavy atom. The molecular weight excluding hydrogens is 402 g/mol. The maximum Gasteiger partial charge on any atom is 0.247 e. The second-order valence-electron chi connectivity index (χ2n) is 8.94. The summed E-state index contributed by atoms with van der Waals surface area (Å²) in [4.78, 5) is 30.4. The molecule has 6 heteroatoms. The highest BCUT2D eigenvalue weighted by Gasteiger charge is 2.32. The van der Waals surface area contributed by atoms with Crippen LogP contribution in [0.15, 0.2) is 48.5 Å². The number of likely N-dealkylation sites (N-methyl/N-ethyl adjacent to an activating group) is 1. The third kappa shape index (κ3) is 6.65. The molecule has 6 nitrogen and oxygen atoms in total. The second-order valence-corrected chi connectivity index (χ2v) is 8.94. The van der Waals surface area contributed by atoms with Gasteiger partial charge in [-0.05, 0) is 51.9 Å². The molecule has 2 unspecified atom stereocenters. The fourth-order valence-corrected chi connectivity index (χ4v) is 4.03. The van der Waals surface area contributed by atoms with Gasteiger partial charge in [0.05, 0.1) is 12.6 Å². The number of ether oxygens (including phenoxy) is 1. The molecule has 0 saturated carbocycles. The van der Waals surface area contributed by atoms with Gasteiger partial charge in [0.1, 0.15) is 6.04 Å². The fourth-order valence-electron chi connectivity index (χ4n) is 4.03. The zero-order chi connectivity index (χ0) is 23.1. The number of aryl methyl sites for hydroxylation is 2. The van der Waals surface area contributed by atoms with Crippen molar-refractivity contribution in [3.05, 3.63) is 70.8 Å². The van der Waals surface area contributed by atoms with Gasteiger partial charge in [0.15, 0.2) is 0 Å². The van der Waals surface area contributed by atoms with Crippen molar-refractivity contribution in [1.29, 1.82) is 0 Å². The van der Waals surface area contributed by atoms with Crippen LogP contribution in [0.3, 0.4) is 0 Å². The molecule has 1 aliphatic rings. The van der Waals surface area contributed by atoms with Crippen molar-refractivity contribution in [3.63, 3.8) is 0 Å². The first kappa shape index (κ1) is 24.0. The van der Waals surface area contributed by atoms with Gasteiger partial charge in [-0.25, -0.2) is 0 Å². The van der Waals surface area contributed by atoms with Crippen molar-refractivity contribution in [2.24, 2.45) is 0 Å². The van der Waals surface area contributed by atoms with E-state index in [1.54, 1.807) is 4.90 Å². The molecule has 1 saturated heterocycles. The van der Waals surface area contributed by atoms with Crippen LogP contribution in [0.4, 0.5) is 0 Å². The highest BCUT2D eigenvalue weighted by atomic mass is 16.5. The van der Waals surface area contributed by atoms with Crippen LogP contribution in [0.25, 0.3) is 0 Å². The molecule has 2 atom stereocenters. The number of nitrogens with zero attached hydrogens (tertiary/aromatic N) is 2. The molecule has 2 amide bonds. The molecule has 0 aliphatic carbocycles. The molecule has 0 radical (unpaired) electrons. The van der Waals surface area contributed by atoms with Crippen LogP contribution < -0.4 is 5.32 Å². The first-order chi connectivity index (χ1) is 15.3. The molecule has 2 aromatic carbocycles. The molecule has 3 rings (SSSR count). The number of benzene rings is 2. The van der Waals surface area contributed by atoms with Gasteiger partial charge in [0.25, 0.3) is 0 Å². The van der Waals surface area contributed by atoms with Crippen LogP contribution in [-0.2, 0) is 20.9 Å². The summed E-state index contributed by atoms with van der Waals surface area (Å²) in [5.41, 5.74) is 4.04. The summed E-state index contributed by atoms with van der Waals surface area (Å²) in [6.45, 7) is 5.83. The molecule has 1 fully saturated rings. The maximum atomic E-state index is 13.5. The van der Waals surface area contributed by atoms with Gasteiger partial charge in [-0.2, -0.15) is 0 Å². The zero-order valence-electron chi connectivity index (χ0n) is 19.6. The Morgan fingerprint density at radius 3 is 2.47 bits per heavy atom. The molecule has 1 N–H and O–H groups in total. The van der Waals surface area contributed by atoms with Crippen LogP contribution in [0.5, 0.6) is 0 Å². The van der Waals surface area contributed by atoms with E-state index in [1.165, 1.54) is 0 Å². The van der Waals surface area contributed by atoms with E-state index in [4.69, 9.17) is 4.74 Å². The minimum absolute atomic E-state index is 0.0420. The standard InChI is InChI=1S/C26H35N3O3/c1-19-10-12-22(13-11-19)25(26(31)27-16-23-9-6-14-32-23)29(24(30)18-28(3)4)17-21-8-5-7-20(2)15-21/h5,7-8,10-13,15,23,25H,6,9,14,16-18H2,1-4H3,(H,27,31). The smallest absolute Gasteiger partial charge is 0.247 e. The van der Waals surface area contributed by atoms with E-state index in [2.05, 4.69) is 11.4 Å². The summed E-state index contributed by atoms with van der Waals surface area (Å²) in [5.74, 6) is -0.265. The third-order valence-corrected chi connectivity index (χ3v) is 5.69. The highest BCUT2D eigenvalue weighted by Crippen LogP contribution is 2.25. The highest BCUT2D eigenvalue weighted by molar-refractivity contribution is 5.89. The summed E-state index contributed by atoms with van der Waals surface area (Å²) < 4.78 is 5.67. The van der Waals surface area contributed by atoms with E-state index in [0.717, 1.165) is 41.7 Å². The molecule has 1 aliphatic heterocycles. The largest absolute Gasteiger partial charge is 0.376 e. The van der Waals surface area contributed by atoms with Crippen molar-refractivity contribution in [3.8, 4) is 0 Å². The Hall–Kier alpha value is -2.70. The first-order valence-electron chi connectivity index (χ1n) is 11.3. The molecule has 0 bridgehead atoms. The molecular formula is C26H35N3O3. The van der Waals surface area contributed by atoms with Crippen molar-refractivity contribution in [1.82, 2.24) is 15.1 Å². The topological polar surface area (TPSA) is 61.9 Å². The van der Waals surface area contributed by atoms with E-state index in [1.807, 2.05) is 75.3 Å². The van der Waals surface area contributed by atoms with Gasteiger partial charge in [0.2, 0.25) is 11.8 Å².